The minimum absolute atomic E-state index is 0.110. The summed E-state index contributed by atoms with van der Waals surface area (Å²) >= 11 is 0. The van der Waals surface area contributed by atoms with E-state index in [9.17, 15) is 13.2 Å². The van der Waals surface area contributed by atoms with Crippen LogP contribution in [0.25, 0.3) is 11.1 Å². The van der Waals surface area contributed by atoms with E-state index >= 15 is 0 Å². The molecule has 0 unspecified atom stereocenters. The molecule has 1 aliphatic heterocycles. The van der Waals surface area contributed by atoms with Gasteiger partial charge in [0.2, 0.25) is 0 Å². The molecule has 0 saturated heterocycles. The lowest BCUT2D eigenvalue weighted by molar-refractivity contribution is -0.133. The van der Waals surface area contributed by atoms with Gasteiger partial charge in [-0.15, -0.1) is 0 Å². The third-order valence-electron chi connectivity index (χ3n) is 3.82. The topological polar surface area (TPSA) is 69.7 Å². The first kappa shape index (κ1) is 16.3. The molecule has 6 heteroatoms. The molecule has 124 valence electrons. The van der Waals surface area contributed by atoms with E-state index in [1.54, 1.807) is 49.6 Å². The van der Waals surface area contributed by atoms with Gasteiger partial charge in [-0.1, -0.05) is 24.3 Å². The molecule has 0 spiro atoms. The van der Waals surface area contributed by atoms with Gasteiger partial charge in [-0.2, -0.15) is 0 Å². The maximum absolute atomic E-state index is 12.2. The van der Waals surface area contributed by atoms with Crippen molar-refractivity contribution in [2.75, 3.05) is 20.0 Å². The minimum atomic E-state index is -3.33. The van der Waals surface area contributed by atoms with Crippen molar-refractivity contribution < 1.29 is 22.7 Å². The molecule has 0 amide bonds. The van der Waals surface area contributed by atoms with Crippen LogP contribution in [-0.2, 0) is 19.4 Å². The monoisotopic (exact) mass is 344 g/mol. The maximum Gasteiger partial charge on any atom is 0.339 e. The van der Waals surface area contributed by atoms with E-state index in [1.807, 2.05) is 0 Å². The van der Waals surface area contributed by atoms with E-state index in [0.29, 0.717) is 28.0 Å². The molecule has 2 aromatic carbocycles. The zero-order valence-corrected chi connectivity index (χ0v) is 14.1. The third-order valence-corrected chi connectivity index (χ3v) is 4.93. The molecular formula is C18H16O5S. The molecule has 0 saturated carbocycles. The number of hydrogen-bond acceptors (Lipinski definition) is 5. The second-order valence-electron chi connectivity index (χ2n) is 5.46. The van der Waals surface area contributed by atoms with Gasteiger partial charge in [0.25, 0.3) is 0 Å². The summed E-state index contributed by atoms with van der Waals surface area (Å²) in [4.78, 5) is 12.4. The molecular weight excluding hydrogens is 328 g/mol. The number of esters is 1. The number of cyclic esters (lactones) is 1. The number of methoxy groups -OCH3 is 1. The molecule has 5 nitrogen and oxygen atoms in total. The predicted molar refractivity (Wildman–Crippen MR) is 90.3 cm³/mol. The molecule has 0 aromatic heterocycles. The first-order valence-electron chi connectivity index (χ1n) is 7.25. The van der Waals surface area contributed by atoms with Crippen LogP contribution < -0.4 is 4.74 Å². The van der Waals surface area contributed by atoms with Crippen LogP contribution in [0.5, 0.6) is 5.75 Å². The average molecular weight is 344 g/mol. The van der Waals surface area contributed by atoms with Crippen molar-refractivity contribution in [1.82, 2.24) is 0 Å². The summed E-state index contributed by atoms with van der Waals surface area (Å²) in [5.74, 6) is 0.201. The number of benzene rings is 2. The Morgan fingerprint density at radius 2 is 1.75 bits per heavy atom. The molecule has 0 fully saturated rings. The second-order valence-corrected chi connectivity index (χ2v) is 7.48. The van der Waals surface area contributed by atoms with Crippen molar-refractivity contribution in [1.29, 1.82) is 0 Å². The number of carbonyl (C=O) groups is 1. The Labute approximate surface area is 140 Å². The molecule has 0 aliphatic carbocycles. The van der Waals surface area contributed by atoms with Crippen LogP contribution in [0, 0.1) is 0 Å². The SMILES string of the molecule is COc1cccc(C2=C(c3cccc(S(C)(=O)=O)c3)COC2=O)c1. The van der Waals surface area contributed by atoms with Gasteiger partial charge in [0.05, 0.1) is 17.6 Å². The van der Waals surface area contributed by atoms with Crippen molar-refractivity contribution in [3.63, 3.8) is 0 Å². The van der Waals surface area contributed by atoms with E-state index in [-0.39, 0.29) is 11.5 Å². The molecule has 1 heterocycles. The van der Waals surface area contributed by atoms with Gasteiger partial charge in [0.15, 0.2) is 9.84 Å². The van der Waals surface area contributed by atoms with Crippen LogP contribution in [0.1, 0.15) is 11.1 Å². The quantitative estimate of drug-likeness (QED) is 0.797. The van der Waals surface area contributed by atoms with Gasteiger partial charge < -0.3 is 9.47 Å². The molecule has 0 atom stereocenters. The highest BCUT2D eigenvalue weighted by atomic mass is 32.2. The Morgan fingerprint density at radius 3 is 2.46 bits per heavy atom. The summed E-state index contributed by atoms with van der Waals surface area (Å²) in [5.41, 5.74) is 2.43. The summed E-state index contributed by atoms with van der Waals surface area (Å²) in [6.07, 6.45) is 1.15. The third kappa shape index (κ3) is 3.05. The smallest absolute Gasteiger partial charge is 0.339 e. The number of rotatable bonds is 4. The zero-order chi connectivity index (χ0) is 17.3. The van der Waals surface area contributed by atoms with Gasteiger partial charge in [0, 0.05) is 11.8 Å². The highest BCUT2D eigenvalue weighted by Gasteiger charge is 2.28. The zero-order valence-electron chi connectivity index (χ0n) is 13.3. The number of sulfone groups is 1. The fourth-order valence-corrected chi connectivity index (χ4v) is 3.28. The van der Waals surface area contributed by atoms with Crippen LogP contribution in [0.3, 0.4) is 0 Å². The van der Waals surface area contributed by atoms with Crippen molar-refractivity contribution >= 4 is 27.0 Å². The Balaban J connectivity index is 2.17. The largest absolute Gasteiger partial charge is 0.497 e. The Morgan fingerprint density at radius 1 is 1.04 bits per heavy atom. The van der Waals surface area contributed by atoms with Gasteiger partial charge in [-0.05, 0) is 35.4 Å². The lowest BCUT2D eigenvalue weighted by atomic mass is 9.96. The molecule has 0 bridgehead atoms. The molecule has 2 aromatic rings. The lowest BCUT2D eigenvalue weighted by Gasteiger charge is -2.07. The standard InChI is InChI=1S/C18H16O5S/c1-22-14-7-3-6-13(9-14)17-16(11-23-18(17)19)12-5-4-8-15(10-12)24(2,20)21/h3-10H,11H2,1-2H3. The van der Waals surface area contributed by atoms with Crippen LogP contribution in [0.4, 0.5) is 0 Å². The highest BCUT2D eigenvalue weighted by molar-refractivity contribution is 7.90. The van der Waals surface area contributed by atoms with Crippen LogP contribution in [0.15, 0.2) is 53.4 Å². The molecule has 0 radical (unpaired) electrons. The van der Waals surface area contributed by atoms with Gasteiger partial charge in [-0.25, -0.2) is 13.2 Å². The Hall–Kier alpha value is -2.60. The van der Waals surface area contributed by atoms with Crippen molar-refractivity contribution in [2.45, 2.75) is 4.90 Å². The molecule has 1 aliphatic rings. The van der Waals surface area contributed by atoms with Crippen LogP contribution in [-0.4, -0.2) is 34.4 Å². The van der Waals surface area contributed by atoms with E-state index in [2.05, 4.69) is 0 Å². The van der Waals surface area contributed by atoms with E-state index < -0.39 is 15.8 Å². The van der Waals surface area contributed by atoms with E-state index in [1.165, 1.54) is 6.07 Å². The minimum Gasteiger partial charge on any atom is -0.497 e. The highest BCUT2D eigenvalue weighted by Crippen LogP contribution is 2.34. The summed E-state index contributed by atoms with van der Waals surface area (Å²) < 4.78 is 33.9. The summed E-state index contributed by atoms with van der Waals surface area (Å²) in [6.45, 7) is 0.110. The van der Waals surface area contributed by atoms with Gasteiger partial charge in [-0.3, -0.25) is 0 Å². The number of hydrogen-bond donors (Lipinski definition) is 0. The summed E-state index contributed by atoms with van der Waals surface area (Å²) in [5, 5.41) is 0. The van der Waals surface area contributed by atoms with Crippen molar-refractivity contribution in [2.24, 2.45) is 0 Å². The molecule has 0 N–H and O–H groups in total. The second kappa shape index (κ2) is 6.13. The first-order chi connectivity index (χ1) is 11.4. The summed E-state index contributed by atoms with van der Waals surface area (Å²) in [7, 11) is -1.78. The molecule has 24 heavy (non-hydrogen) atoms. The fraction of sp³-hybridized carbons (Fsp3) is 0.167. The first-order valence-corrected chi connectivity index (χ1v) is 9.14. The average Bonchev–Trinajstić information content (AvgIpc) is 2.96. The summed E-state index contributed by atoms with van der Waals surface area (Å²) in [6, 6.07) is 13.6. The molecule has 3 rings (SSSR count). The van der Waals surface area contributed by atoms with E-state index in [0.717, 1.165) is 6.26 Å². The normalized spacial score (nSPS) is 14.7. The van der Waals surface area contributed by atoms with E-state index in [4.69, 9.17) is 9.47 Å². The van der Waals surface area contributed by atoms with Gasteiger partial charge >= 0.3 is 5.97 Å². The number of carbonyl (C=O) groups excluding carboxylic acids is 1. The Kier molecular flexibility index (Phi) is 4.15. The fourth-order valence-electron chi connectivity index (χ4n) is 2.62. The number of ether oxygens (including phenoxy) is 2. The van der Waals surface area contributed by atoms with Gasteiger partial charge in [0.1, 0.15) is 12.4 Å². The lowest BCUT2D eigenvalue weighted by Crippen LogP contribution is -1.99. The Bertz CT molecular complexity index is 941. The maximum atomic E-state index is 12.2. The van der Waals surface area contributed by atoms with Crippen molar-refractivity contribution in [3.05, 3.63) is 59.7 Å². The van der Waals surface area contributed by atoms with Crippen molar-refractivity contribution in [3.8, 4) is 5.75 Å². The van der Waals surface area contributed by atoms with Crippen LogP contribution >= 0.6 is 0 Å². The van der Waals surface area contributed by atoms with Crippen LogP contribution in [0.2, 0.25) is 0 Å². The predicted octanol–water partition coefficient (Wildman–Crippen LogP) is 2.57.